The van der Waals surface area contributed by atoms with E-state index in [1.807, 2.05) is 19.1 Å². The predicted molar refractivity (Wildman–Crippen MR) is 64.4 cm³/mol. The number of benzene rings is 1. The van der Waals surface area contributed by atoms with E-state index in [0.717, 1.165) is 10.6 Å². The van der Waals surface area contributed by atoms with Gasteiger partial charge in [-0.05, 0) is 48.9 Å². The Morgan fingerprint density at radius 2 is 2.19 bits per heavy atom. The summed E-state index contributed by atoms with van der Waals surface area (Å²) in [5.74, 6) is 0. The zero-order valence-electron chi connectivity index (χ0n) is 9.36. The summed E-state index contributed by atoms with van der Waals surface area (Å²) in [6, 6.07) is 6.19. The molecule has 1 aromatic heterocycles. The van der Waals surface area contributed by atoms with Crippen LogP contribution < -0.4 is 5.73 Å². The summed E-state index contributed by atoms with van der Waals surface area (Å²) in [4.78, 5) is 5.37. The van der Waals surface area contributed by atoms with Gasteiger partial charge in [0.15, 0.2) is 0 Å². The summed E-state index contributed by atoms with van der Waals surface area (Å²) >= 11 is 1.52. The molecular weight excluding hydrogens is 220 g/mol. The van der Waals surface area contributed by atoms with Crippen LogP contribution in [0.3, 0.4) is 0 Å². The van der Waals surface area contributed by atoms with Gasteiger partial charge in [0.05, 0.1) is 5.69 Å². The van der Waals surface area contributed by atoms with E-state index in [1.165, 1.54) is 22.9 Å². The van der Waals surface area contributed by atoms with Crippen LogP contribution >= 0.6 is 11.8 Å². The number of hydrogen-bond acceptors (Lipinski definition) is 4. The van der Waals surface area contributed by atoms with Gasteiger partial charge in [0, 0.05) is 11.4 Å². The Labute approximate surface area is 99.1 Å². The molecular formula is C12H14N2OS. The van der Waals surface area contributed by atoms with Crippen molar-refractivity contribution in [2.45, 2.75) is 30.5 Å². The minimum atomic E-state index is 0.578. The van der Waals surface area contributed by atoms with Gasteiger partial charge in [0.2, 0.25) is 0 Å². The summed E-state index contributed by atoms with van der Waals surface area (Å²) in [6.45, 7) is 4.55. The van der Waals surface area contributed by atoms with Crippen molar-refractivity contribution < 1.29 is 4.42 Å². The highest BCUT2D eigenvalue weighted by Crippen LogP contribution is 2.28. The molecule has 0 radical (unpaired) electrons. The third-order valence-corrected chi connectivity index (χ3v) is 3.19. The lowest BCUT2D eigenvalue weighted by Gasteiger charge is -2.04. The Bertz CT molecular complexity index is 494. The molecule has 0 fully saturated rings. The lowest BCUT2D eigenvalue weighted by atomic mass is 10.1. The van der Waals surface area contributed by atoms with Crippen LogP contribution in [0.4, 0.5) is 0 Å². The van der Waals surface area contributed by atoms with E-state index in [-0.39, 0.29) is 0 Å². The van der Waals surface area contributed by atoms with Gasteiger partial charge in [-0.2, -0.15) is 0 Å². The molecule has 2 rings (SSSR count). The van der Waals surface area contributed by atoms with Gasteiger partial charge >= 0.3 is 0 Å². The first-order chi connectivity index (χ1) is 7.69. The quantitative estimate of drug-likeness (QED) is 0.887. The molecule has 0 aliphatic heterocycles. The van der Waals surface area contributed by atoms with Gasteiger partial charge in [-0.1, -0.05) is 6.07 Å². The third kappa shape index (κ3) is 2.46. The number of oxazole rings is 1. The standard InChI is InChI=1S/C12H14N2OS/c1-8-5-11(4-3-10(8)6-13)16-12-14-9(2)7-15-12/h3-5,7H,6,13H2,1-2H3. The van der Waals surface area contributed by atoms with Crippen LogP contribution in [0.1, 0.15) is 16.8 Å². The highest BCUT2D eigenvalue weighted by Gasteiger charge is 2.05. The maximum absolute atomic E-state index is 5.62. The van der Waals surface area contributed by atoms with Crippen LogP contribution in [0.2, 0.25) is 0 Å². The zero-order valence-corrected chi connectivity index (χ0v) is 10.2. The van der Waals surface area contributed by atoms with Crippen molar-refractivity contribution in [3.8, 4) is 0 Å². The van der Waals surface area contributed by atoms with E-state index >= 15 is 0 Å². The molecule has 0 unspecified atom stereocenters. The molecule has 0 bridgehead atoms. The number of rotatable bonds is 3. The normalized spacial score (nSPS) is 10.7. The van der Waals surface area contributed by atoms with Gasteiger partial charge in [-0.15, -0.1) is 0 Å². The van der Waals surface area contributed by atoms with Crippen LogP contribution in [0.25, 0.3) is 0 Å². The number of nitrogens with zero attached hydrogens (tertiary/aromatic N) is 1. The fraction of sp³-hybridized carbons (Fsp3) is 0.250. The lowest BCUT2D eigenvalue weighted by molar-refractivity contribution is 0.454. The SMILES string of the molecule is Cc1coc(Sc2ccc(CN)c(C)c2)n1. The number of nitrogens with two attached hydrogens (primary N) is 1. The second-order valence-electron chi connectivity index (χ2n) is 3.65. The minimum Gasteiger partial charge on any atom is -0.439 e. The average Bonchev–Trinajstić information content (AvgIpc) is 2.64. The first kappa shape index (κ1) is 11.2. The smallest absolute Gasteiger partial charge is 0.260 e. The van der Waals surface area contributed by atoms with E-state index in [0.29, 0.717) is 11.8 Å². The molecule has 0 aliphatic rings. The molecule has 0 atom stereocenters. The van der Waals surface area contributed by atoms with Crippen molar-refractivity contribution in [3.63, 3.8) is 0 Å². The summed E-state index contributed by atoms with van der Waals surface area (Å²) in [7, 11) is 0. The maximum Gasteiger partial charge on any atom is 0.260 e. The number of aryl methyl sites for hydroxylation is 2. The molecule has 0 saturated heterocycles. The maximum atomic E-state index is 5.62. The molecule has 16 heavy (non-hydrogen) atoms. The molecule has 0 aliphatic carbocycles. The predicted octanol–water partition coefficient (Wildman–Crippen LogP) is 2.90. The Balaban J connectivity index is 2.19. The fourth-order valence-electron chi connectivity index (χ4n) is 1.44. The molecule has 1 heterocycles. The summed E-state index contributed by atoms with van der Waals surface area (Å²) in [5, 5.41) is 0.678. The van der Waals surface area contributed by atoms with Crippen LogP contribution in [-0.2, 0) is 6.54 Å². The van der Waals surface area contributed by atoms with Crippen molar-refractivity contribution in [3.05, 3.63) is 41.3 Å². The Morgan fingerprint density at radius 1 is 1.38 bits per heavy atom. The average molecular weight is 234 g/mol. The van der Waals surface area contributed by atoms with E-state index in [2.05, 4.69) is 18.0 Å². The van der Waals surface area contributed by atoms with Gasteiger partial charge in [0.25, 0.3) is 5.22 Å². The van der Waals surface area contributed by atoms with Gasteiger partial charge in [0.1, 0.15) is 6.26 Å². The van der Waals surface area contributed by atoms with Crippen LogP contribution in [0, 0.1) is 13.8 Å². The summed E-state index contributed by atoms with van der Waals surface area (Å²) < 4.78 is 5.29. The third-order valence-electron chi connectivity index (χ3n) is 2.34. The lowest BCUT2D eigenvalue weighted by Crippen LogP contribution is -1.98. The molecule has 0 spiro atoms. The zero-order chi connectivity index (χ0) is 11.5. The van der Waals surface area contributed by atoms with Crippen molar-refractivity contribution in [1.82, 2.24) is 4.98 Å². The van der Waals surface area contributed by atoms with Crippen molar-refractivity contribution in [2.24, 2.45) is 5.73 Å². The molecule has 0 saturated carbocycles. The second kappa shape index (κ2) is 4.72. The molecule has 4 heteroatoms. The first-order valence-corrected chi connectivity index (χ1v) is 5.90. The fourth-order valence-corrected chi connectivity index (χ4v) is 2.30. The minimum absolute atomic E-state index is 0.578. The largest absolute Gasteiger partial charge is 0.439 e. The second-order valence-corrected chi connectivity index (χ2v) is 4.67. The van der Waals surface area contributed by atoms with Gasteiger partial charge in [-0.25, -0.2) is 4.98 Å². The summed E-state index contributed by atoms with van der Waals surface area (Å²) in [5.41, 5.74) is 8.90. The molecule has 1 aromatic carbocycles. The molecule has 3 nitrogen and oxygen atoms in total. The Morgan fingerprint density at radius 3 is 2.75 bits per heavy atom. The van der Waals surface area contributed by atoms with Crippen LogP contribution in [0.15, 0.2) is 39.0 Å². The van der Waals surface area contributed by atoms with Crippen molar-refractivity contribution in [1.29, 1.82) is 0 Å². The molecule has 84 valence electrons. The van der Waals surface area contributed by atoms with Crippen LogP contribution in [-0.4, -0.2) is 4.98 Å². The van der Waals surface area contributed by atoms with E-state index < -0.39 is 0 Å². The molecule has 0 amide bonds. The molecule has 2 N–H and O–H groups in total. The van der Waals surface area contributed by atoms with Crippen molar-refractivity contribution >= 4 is 11.8 Å². The summed E-state index contributed by atoms with van der Waals surface area (Å²) in [6.07, 6.45) is 1.66. The Hall–Kier alpha value is -1.26. The van der Waals surface area contributed by atoms with E-state index in [1.54, 1.807) is 6.26 Å². The Kier molecular flexibility index (Phi) is 3.31. The van der Waals surface area contributed by atoms with Crippen molar-refractivity contribution in [2.75, 3.05) is 0 Å². The van der Waals surface area contributed by atoms with Gasteiger partial charge in [-0.3, -0.25) is 0 Å². The molecule has 2 aromatic rings. The monoisotopic (exact) mass is 234 g/mol. The van der Waals surface area contributed by atoms with Gasteiger partial charge < -0.3 is 10.2 Å². The highest BCUT2D eigenvalue weighted by molar-refractivity contribution is 7.99. The highest BCUT2D eigenvalue weighted by atomic mass is 32.2. The van der Waals surface area contributed by atoms with E-state index in [9.17, 15) is 0 Å². The number of aromatic nitrogens is 1. The van der Waals surface area contributed by atoms with E-state index in [4.69, 9.17) is 10.2 Å². The number of hydrogen-bond donors (Lipinski definition) is 1. The van der Waals surface area contributed by atoms with Crippen LogP contribution in [0.5, 0.6) is 0 Å². The topological polar surface area (TPSA) is 52.0 Å². The first-order valence-electron chi connectivity index (χ1n) is 5.08.